The van der Waals surface area contributed by atoms with Crippen LogP contribution in [-0.2, 0) is 19.5 Å². The minimum absolute atomic E-state index is 0. The number of fused-ring (bicyclic) bond motifs is 1. The van der Waals surface area contributed by atoms with E-state index in [1.54, 1.807) is 0 Å². The highest BCUT2D eigenvalue weighted by Gasteiger charge is 2.21. The van der Waals surface area contributed by atoms with Crippen LogP contribution in [0.2, 0.25) is 0 Å². The average Bonchev–Trinajstić information content (AvgIpc) is 3.05. The van der Waals surface area contributed by atoms with E-state index in [0.29, 0.717) is 25.4 Å². The number of nitrogens with one attached hydrogen (secondary N) is 3. The zero-order chi connectivity index (χ0) is 17.6. The van der Waals surface area contributed by atoms with Crippen LogP contribution in [0.3, 0.4) is 0 Å². The number of likely N-dealkylation sites (N-methyl/N-ethyl adjacent to an activating group) is 1. The topological polar surface area (TPSA) is 82.3 Å². The van der Waals surface area contributed by atoms with Crippen LogP contribution in [0, 0.1) is 0 Å². The summed E-state index contributed by atoms with van der Waals surface area (Å²) in [6.45, 7) is 3.60. The maximum Gasteiger partial charge on any atom is 0.272 e. The zero-order valence-corrected chi connectivity index (χ0v) is 16.0. The Labute approximate surface area is 159 Å². The predicted molar refractivity (Wildman–Crippen MR) is 103 cm³/mol. The molecule has 0 radical (unpaired) electrons. The standard InChI is InChI=1S/C18H25N5O2.ClH/c1-23(2)9-10-25-14-5-3-13(4-6-14)11-20-18(24)17-15-12-19-8-7-16(15)21-22-17;/h3-6,19H,7-12H2,1-2H3,(H,20,24)(H,21,22);1H. The van der Waals surface area contributed by atoms with Crippen LogP contribution >= 0.6 is 12.4 Å². The number of hydrogen-bond donors (Lipinski definition) is 3. The number of aromatic amines is 1. The van der Waals surface area contributed by atoms with Crippen molar-refractivity contribution in [1.29, 1.82) is 0 Å². The van der Waals surface area contributed by atoms with Gasteiger partial charge in [0.05, 0.1) is 0 Å². The average molecular weight is 380 g/mol. The third-order valence-electron chi connectivity index (χ3n) is 4.21. The number of rotatable bonds is 7. The van der Waals surface area contributed by atoms with Gasteiger partial charge >= 0.3 is 0 Å². The van der Waals surface area contributed by atoms with Crippen LogP contribution in [0.15, 0.2) is 24.3 Å². The van der Waals surface area contributed by atoms with Crippen LogP contribution in [0.4, 0.5) is 0 Å². The highest BCUT2D eigenvalue weighted by Crippen LogP contribution is 2.16. The van der Waals surface area contributed by atoms with E-state index < -0.39 is 0 Å². The van der Waals surface area contributed by atoms with Crippen molar-refractivity contribution in [3.05, 3.63) is 46.8 Å². The Morgan fingerprint density at radius 3 is 2.81 bits per heavy atom. The molecular weight excluding hydrogens is 354 g/mol. The lowest BCUT2D eigenvalue weighted by Crippen LogP contribution is -2.28. The summed E-state index contributed by atoms with van der Waals surface area (Å²) in [6.07, 6.45) is 0.880. The van der Waals surface area contributed by atoms with Gasteiger partial charge in [-0.3, -0.25) is 9.89 Å². The van der Waals surface area contributed by atoms with Crippen LogP contribution in [0.5, 0.6) is 5.75 Å². The quantitative estimate of drug-likeness (QED) is 0.676. The number of hydrogen-bond acceptors (Lipinski definition) is 5. The first-order valence-corrected chi connectivity index (χ1v) is 8.55. The van der Waals surface area contributed by atoms with Crippen molar-refractivity contribution in [2.45, 2.75) is 19.5 Å². The summed E-state index contributed by atoms with van der Waals surface area (Å²) in [5, 5.41) is 13.3. The van der Waals surface area contributed by atoms with Gasteiger partial charge in [-0.25, -0.2) is 0 Å². The summed E-state index contributed by atoms with van der Waals surface area (Å²) in [7, 11) is 4.03. The van der Waals surface area contributed by atoms with Crippen molar-refractivity contribution in [2.24, 2.45) is 0 Å². The largest absolute Gasteiger partial charge is 0.492 e. The number of nitrogens with zero attached hydrogens (tertiary/aromatic N) is 2. The molecule has 1 aliphatic rings. The van der Waals surface area contributed by atoms with E-state index >= 15 is 0 Å². The number of H-pyrrole nitrogens is 1. The van der Waals surface area contributed by atoms with Crippen LogP contribution in [0.25, 0.3) is 0 Å². The molecule has 2 heterocycles. The molecule has 0 bridgehead atoms. The van der Waals surface area contributed by atoms with Gasteiger partial charge in [0.1, 0.15) is 12.4 Å². The van der Waals surface area contributed by atoms with E-state index in [1.807, 2.05) is 38.4 Å². The van der Waals surface area contributed by atoms with Crippen molar-refractivity contribution in [3.8, 4) is 5.75 Å². The molecule has 0 saturated carbocycles. The fourth-order valence-electron chi connectivity index (χ4n) is 2.73. The van der Waals surface area contributed by atoms with Gasteiger partial charge in [0.25, 0.3) is 5.91 Å². The molecule has 1 aromatic heterocycles. The van der Waals surface area contributed by atoms with Crippen LogP contribution in [-0.4, -0.2) is 54.8 Å². The summed E-state index contributed by atoms with van der Waals surface area (Å²) in [4.78, 5) is 14.4. The molecule has 0 atom stereocenters. The molecule has 3 N–H and O–H groups in total. The lowest BCUT2D eigenvalue weighted by Gasteiger charge is -2.13. The highest BCUT2D eigenvalue weighted by molar-refractivity contribution is 5.94. The normalized spacial score (nSPS) is 13.0. The van der Waals surface area contributed by atoms with E-state index in [0.717, 1.165) is 42.1 Å². The summed E-state index contributed by atoms with van der Waals surface area (Å²) in [5.41, 5.74) is 3.55. The number of halogens is 1. The van der Waals surface area contributed by atoms with Crippen molar-refractivity contribution in [1.82, 2.24) is 25.7 Å². The Bertz CT molecular complexity index is 715. The fourth-order valence-corrected chi connectivity index (χ4v) is 2.73. The molecule has 8 heteroatoms. The van der Waals surface area contributed by atoms with Gasteiger partial charge < -0.3 is 20.3 Å². The molecule has 142 valence electrons. The molecule has 1 aliphatic heterocycles. The van der Waals surface area contributed by atoms with E-state index in [4.69, 9.17) is 4.74 Å². The first-order valence-electron chi connectivity index (χ1n) is 8.55. The van der Waals surface area contributed by atoms with Crippen LogP contribution < -0.4 is 15.4 Å². The monoisotopic (exact) mass is 379 g/mol. The SMILES string of the molecule is CN(C)CCOc1ccc(CNC(=O)c2n[nH]c3c2CNCC3)cc1.Cl. The summed E-state index contributed by atoms with van der Waals surface area (Å²) >= 11 is 0. The minimum Gasteiger partial charge on any atom is -0.492 e. The summed E-state index contributed by atoms with van der Waals surface area (Å²) in [6, 6.07) is 7.79. The van der Waals surface area contributed by atoms with Gasteiger partial charge in [0, 0.05) is 43.9 Å². The lowest BCUT2D eigenvalue weighted by atomic mass is 10.1. The van der Waals surface area contributed by atoms with Gasteiger partial charge in [-0.1, -0.05) is 12.1 Å². The Hall–Kier alpha value is -2.09. The van der Waals surface area contributed by atoms with Gasteiger partial charge in [-0.2, -0.15) is 5.10 Å². The molecule has 0 spiro atoms. The van der Waals surface area contributed by atoms with E-state index in [9.17, 15) is 4.79 Å². The van der Waals surface area contributed by atoms with Crippen LogP contribution in [0.1, 0.15) is 27.3 Å². The first kappa shape index (κ1) is 20.2. The molecular formula is C18H26ClN5O2. The number of aromatic nitrogens is 2. The molecule has 7 nitrogen and oxygen atoms in total. The Morgan fingerprint density at radius 1 is 1.31 bits per heavy atom. The Kier molecular flexibility index (Phi) is 7.44. The van der Waals surface area contributed by atoms with Crippen molar-refractivity contribution >= 4 is 18.3 Å². The maximum absolute atomic E-state index is 12.4. The second-order valence-corrected chi connectivity index (χ2v) is 6.43. The smallest absolute Gasteiger partial charge is 0.272 e. The van der Waals surface area contributed by atoms with E-state index in [1.165, 1.54) is 0 Å². The minimum atomic E-state index is -0.146. The van der Waals surface area contributed by atoms with Crippen molar-refractivity contribution in [3.63, 3.8) is 0 Å². The molecule has 26 heavy (non-hydrogen) atoms. The van der Waals surface area contributed by atoms with Gasteiger partial charge in [0.15, 0.2) is 5.69 Å². The number of carbonyl (C=O) groups excluding carboxylic acids is 1. The lowest BCUT2D eigenvalue weighted by molar-refractivity contribution is 0.0944. The van der Waals surface area contributed by atoms with Crippen molar-refractivity contribution < 1.29 is 9.53 Å². The molecule has 1 amide bonds. The molecule has 0 saturated heterocycles. The molecule has 0 aliphatic carbocycles. The predicted octanol–water partition coefficient (Wildman–Crippen LogP) is 1.35. The first-order chi connectivity index (χ1) is 12.1. The van der Waals surface area contributed by atoms with Gasteiger partial charge in [-0.05, 0) is 31.8 Å². The fraction of sp³-hybridized carbons (Fsp3) is 0.444. The third-order valence-corrected chi connectivity index (χ3v) is 4.21. The number of benzene rings is 1. The molecule has 0 unspecified atom stereocenters. The van der Waals surface area contributed by atoms with Crippen molar-refractivity contribution in [2.75, 3.05) is 33.8 Å². The molecule has 3 rings (SSSR count). The number of ether oxygens (including phenoxy) is 1. The van der Waals surface area contributed by atoms with Gasteiger partial charge in [0.2, 0.25) is 0 Å². The Balaban J connectivity index is 0.00000243. The third kappa shape index (κ3) is 5.20. The van der Waals surface area contributed by atoms with Gasteiger partial charge in [-0.15, -0.1) is 12.4 Å². The molecule has 0 fully saturated rings. The second kappa shape index (κ2) is 9.56. The number of amides is 1. The van der Waals surface area contributed by atoms with E-state index in [2.05, 4.69) is 25.7 Å². The Morgan fingerprint density at radius 2 is 2.08 bits per heavy atom. The molecule has 2 aromatic rings. The van der Waals surface area contributed by atoms with E-state index in [-0.39, 0.29) is 18.3 Å². The summed E-state index contributed by atoms with van der Waals surface area (Å²) in [5.74, 6) is 0.692. The summed E-state index contributed by atoms with van der Waals surface area (Å²) < 4.78 is 5.67. The highest BCUT2D eigenvalue weighted by atomic mass is 35.5. The second-order valence-electron chi connectivity index (χ2n) is 6.43. The molecule has 1 aromatic carbocycles. The zero-order valence-electron chi connectivity index (χ0n) is 15.2. The maximum atomic E-state index is 12.4. The number of carbonyl (C=O) groups is 1.